The van der Waals surface area contributed by atoms with Crippen LogP contribution in [0.3, 0.4) is 0 Å². The molecule has 0 bridgehead atoms. The predicted molar refractivity (Wildman–Crippen MR) is 110 cm³/mol. The molecule has 0 atom stereocenters. The highest BCUT2D eigenvalue weighted by Crippen LogP contribution is 2.18. The minimum absolute atomic E-state index is 0.0897. The number of hydrogen-bond acceptors (Lipinski definition) is 4. The number of nitrogens with zero attached hydrogens (tertiary/aromatic N) is 2. The van der Waals surface area contributed by atoms with Gasteiger partial charge < -0.3 is 14.4 Å². The molecule has 0 aliphatic carbocycles. The first-order valence-corrected chi connectivity index (χ1v) is 9.98. The van der Waals surface area contributed by atoms with Gasteiger partial charge >= 0.3 is 12.2 Å². The van der Waals surface area contributed by atoms with Crippen LogP contribution in [0.5, 0.6) is 0 Å². The molecular formula is C21H42N2O4. The fourth-order valence-electron chi connectivity index (χ4n) is 2.16. The minimum Gasteiger partial charge on any atom is -0.449 e. The van der Waals surface area contributed by atoms with E-state index in [9.17, 15) is 9.59 Å². The van der Waals surface area contributed by atoms with Crippen molar-refractivity contribution in [2.75, 3.05) is 26.3 Å². The van der Waals surface area contributed by atoms with Gasteiger partial charge in [0.05, 0.1) is 13.2 Å². The smallest absolute Gasteiger partial charge is 0.410 e. The molecule has 0 unspecified atom stereocenters. The highest BCUT2D eigenvalue weighted by atomic mass is 16.6. The molecule has 0 aromatic rings. The van der Waals surface area contributed by atoms with Crippen molar-refractivity contribution in [3.63, 3.8) is 0 Å². The van der Waals surface area contributed by atoms with Gasteiger partial charge in [-0.2, -0.15) is 0 Å². The van der Waals surface area contributed by atoms with Crippen molar-refractivity contribution in [2.24, 2.45) is 5.41 Å². The third-order valence-corrected chi connectivity index (χ3v) is 4.41. The Morgan fingerprint density at radius 2 is 1.11 bits per heavy atom. The van der Waals surface area contributed by atoms with Gasteiger partial charge in [-0.1, -0.05) is 34.1 Å². The molecule has 27 heavy (non-hydrogen) atoms. The number of cyclic esters (lactones) is 2. The van der Waals surface area contributed by atoms with E-state index >= 15 is 0 Å². The quantitative estimate of drug-likeness (QED) is 0.566. The molecule has 6 heteroatoms. The second-order valence-corrected chi connectivity index (χ2v) is 10.1. The first kappa shape index (κ1) is 25.5. The first-order chi connectivity index (χ1) is 12.1. The van der Waals surface area contributed by atoms with Crippen molar-refractivity contribution in [1.82, 2.24) is 9.80 Å². The molecular weight excluding hydrogens is 344 g/mol. The molecule has 160 valence electrons. The summed E-state index contributed by atoms with van der Waals surface area (Å²) < 4.78 is 9.68. The van der Waals surface area contributed by atoms with Crippen LogP contribution in [0, 0.1) is 5.41 Å². The fraction of sp³-hybridized carbons (Fsp3) is 0.905. The van der Waals surface area contributed by atoms with Gasteiger partial charge in [0.2, 0.25) is 0 Å². The molecule has 2 fully saturated rings. The van der Waals surface area contributed by atoms with E-state index in [1.54, 1.807) is 9.80 Å². The Kier molecular flexibility index (Phi) is 9.63. The third kappa shape index (κ3) is 10.5. The Hall–Kier alpha value is -1.46. The summed E-state index contributed by atoms with van der Waals surface area (Å²) in [6.07, 6.45) is 1.85. The summed E-state index contributed by atoms with van der Waals surface area (Å²) in [5.41, 5.74) is 0.352. The van der Waals surface area contributed by atoms with E-state index in [2.05, 4.69) is 27.7 Å². The van der Waals surface area contributed by atoms with Crippen LogP contribution in [-0.4, -0.2) is 59.4 Å². The van der Waals surface area contributed by atoms with Crippen molar-refractivity contribution < 1.29 is 19.1 Å². The van der Waals surface area contributed by atoms with Crippen LogP contribution in [0.4, 0.5) is 9.59 Å². The van der Waals surface area contributed by atoms with E-state index < -0.39 is 0 Å². The number of carbonyl (C=O) groups is 2. The highest BCUT2D eigenvalue weighted by Gasteiger charge is 2.31. The maximum Gasteiger partial charge on any atom is 0.410 e. The molecule has 2 saturated heterocycles. The molecule has 2 rings (SSSR count). The minimum atomic E-state index is -0.187. The van der Waals surface area contributed by atoms with E-state index in [4.69, 9.17) is 9.47 Å². The zero-order valence-electron chi connectivity index (χ0n) is 19.3. The van der Waals surface area contributed by atoms with Gasteiger partial charge in [-0.15, -0.1) is 0 Å². The van der Waals surface area contributed by atoms with Crippen LogP contribution in [0.2, 0.25) is 0 Å². The lowest BCUT2D eigenvalue weighted by Gasteiger charge is -2.37. The van der Waals surface area contributed by atoms with Crippen molar-refractivity contribution in [2.45, 2.75) is 93.2 Å². The van der Waals surface area contributed by atoms with Crippen LogP contribution < -0.4 is 0 Å². The predicted octanol–water partition coefficient (Wildman–Crippen LogP) is 5.31. The number of amides is 2. The largest absolute Gasteiger partial charge is 0.449 e. The van der Waals surface area contributed by atoms with E-state index in [-0.39, 0.29) is 23.3 Å². The maximum atomic E-state index is 11.1. The normalized spacial score (nSPS) is 18.0. The van der Waals surface area contributed by atoms with E-state index in [1.165, 1.54) is 6.42 Å². The summed E-state index contributed by atoms with van der Waals surface area (Å²) in [5.74, 6) is 0. The molecule has 0 N–H and O–H groups in total. The van der Waals surface area contributed by atoms with Gasteiger partial charge in [0.15, 0.2) is 0 Å². The monoisotopic (exact) mass is 386 g/mol. The lowest BCUT2D eigenvalue weighted by Crippen LogP contribution is -2.49. The molecule has 2 aliphatic rings. The first-order valence-electron chi connectivity index (χ1n) is 9.98. The van der Waals surface area contributed by atoms with E-state index in [0.29, 0.717) is 18.6 Å². The topological polar surface area (TPSA) is 59.1 Å². The molecule has 6 nitrogen and oxygen atoms in total. The zero-order valence-corrected chi connectivity index (χ0v) is 19.3. The Balaban J connectivity index is 0.000000394. The molecule has 0 aromatic carbocycles. The van der Waals surface area contributed by atoms with Crippen LogP contribution in [0.15, 0.2) is 0 Å². The SMILES string of the molecule is CC(C)(C)N1CCCOC1=O.CC(C)(C)N1CCOC1=O.CCC(C)(C)C. The van der Waals surface area contributed by atoms with Crippen molar-refractivity contribution in [3.8, 4) is 0 Å². The van der Waals surface area contributed by atoms with Gasteiger partial charge in [-0.3, -0.25) is 4.90 Å². The Morgan fingerprint density at radius 3 is 1.33 bits per heavy atom. The van der Waals surface area contributed by atoms with Crippen LogP contribution in [-0.2, 0) is 9.47 Å². The van der Waals surface area contributed by atoms with Gasteiger partial charge in [0.25, 0.3) is 0 Å². The second kappa shape index (κ2) is 10.2. The average Bonchev–Trinajstić information content (AvgIpc) is 2.93. The number of ether oxygens (including phenoxy) is 2. The highest BCUT2D eigenvalue weighted by molar-refractivity contribution is 5.70. The Labute approximate surface area is 166 Å². The Morgan fingerprint density at radius 1 is 0.741 bits per heavy atom. The van der Waals surface area contributed by atoms with Gasteiger partial charge in [0.1, 0.15) is 6.61 Å². The zero-order chi connectivity index (χ0) is 21.5. The van der Waals surface area contributed by atoms with Crippen LogP contribution >= 0.6 is 0 Å². The van der Waals surface area contributed by atoms with Gasteiger partial charge in [-0.25, -0.2) is 9.59 Å². The van der Waals surface area contributed by atoms with Crippen LogP contribution in [0.25, 0.3) is 0 Å². The Bertz CT molecular complexity index is 470. The van der Waals surface area contributed by atoms with Crippen molar-refractivity contribution in [1.29, 1.82) is 0 Å². The number of rotatable bonds is 0. The standard InChI is InChI=1S/C8H15NO2.C7H13NO2.C6H14/c1-8(2,3)9-5-4-6-11-7(9)10;1-7(2,3)8-4-5-10-6(8)9;1-5-6(2,3)4/h4-6H2,1-3H3;4-5H2,1-3H3;5H2,1-4H3. The van der Waals surface area contributed by atoms with Gasteiger partial charge in [0, 0.05) is 17.6 Å². The van der Waals surface area contributed by atoms with E-state index in [0.717, 1.165) is 19.5 Å². The maximum absolute atomic E-state index is 11.1. The number of hydrogen-bond donors (Lipinski definition) is 0. The number of carbonyl (C=O) groups excluding carboxylic acids is 2. The lowest BCUT2D eigenvalue weighted by molar-refractivity contribution is 0.0371. The van der Waals surface area contributed by atoms with E-state index in [1.807, 2.05) is 41.5 Å². The van der Waals surface area contributed by atoms with Crippen molar-refractivity contribution in [3.05, 3.63) is 0 Å². The second-order valence-electron chi connectivity index (χ2n) is 10.1. The molecule has 0 saturated carbocycles. The molecule has 0 aromatic heterocycles. The van der Waals surface area contributed by atoms with Crippen molar-refractivity contribution >= 4 is 12.2 Å². The molecule has 0 spiro atoms. The lowest BCUT2D eigenvalue weighted by atomic mass is 9.94. The third-order valence-electron chi connectivity index (χ3n) is 4.41. The summed E-state index contributed by atoms with van der Waals surface area (Å²) in [7, 11) is 0. The summed E-state index contributed by atoms with van der Waals surface area (Å²) in [6, 6.07) is 0. The average molecular weight is 387 g/mol. The summed E-state index contributed by atoms with van der Waals surface area (Å²) in [5, 5.41) is 0. The molecule has 2 heterocycles. The molecule has 2 aliphatic heterocycles. The van der Waals surface area contributed by atoms with Gasteiger partial charge in [-0.05, 0) is 53.4 Å². The summed E-state index contributed by atoms with van der Waals surface area (Å²) in [4.78, 5) is 25.6. The summed E-state index contributed by atoms with van der Waals surface area (Å²) >= 11 is 0. The fourth-order valence-corrected chi connectivity index (χ4v) is 2.16. The molecule has 0 radical (unpaired) electrons. The summed E-state index contributed by atoms with van der Waals surface area (Å²) in [6.45, 7) is 23.6. The molecule has 2 amide bonds. The van der Waals surface area contributed by atoms with Crippen LogP contribution in [0.1, 0.15) is 82.1 Å².